The summed E-state index contributed by atoms with van der Waals surface area (Å²) in [6.07, 6.45) is 3.00. The van der Waals surface area contributed by atoms with E-state index in [0.29, 0.717) is 29.6 Å². The van der Waals surface area contributed by atoms with E-state index in [1.807, 2.05) is 6.92 Å². The Bertz CT molecular complexity index is 1350. The Hall–Kier alpha value is -2.69. The quantitative estimate of drug-likeness (QED) is 0.257. The van der Waals surface area contributed by atoms with Gasteiger partial charge in [0.1, 0.15) is 23.2 Å². The Morgan fingerprint density at radius 3 is 2.56 bits per heavy atom. The van der Waals surface area contributed by atoms with Gasteiger partial charge in [0.05, 0.1) is 18.6 Å². The van der Waals surface area contributed by atoms with Gasteiger partial charge in [0.15, 0.2) is 6.61 Å². The van der Waals surface area contributed by atoms with Crippen LogP contribution in [0.1, 0.15) is 98.7 Å². The third kappa shape index (κ3) is 5.87. The molecule has 4 aliphatic rings. The molecule has 45 heavy (non-hydrogen) atoms. The number of carbonyl (C=O) groups excluding carboxylic acids is 3. The maximum absolute atomic E-state index is 13.6. The van der Waals surface area contributed by atoms with Crippen LogP contribution in [0.15, 0.2) is 30.9 Å². The van der Waals surface area contributed by atoms with Crippen LogP contribution in [0.3, 0.4) is 0 Å². The monoisotopic (exact) mass is 624 g/mol. The third-order valence-electron chi connectivity index (χ3n) is 11.7. The first-order chi connectivity index (χ1) is 20.9. The minimum atomic E-state index is -1.25. The lowest BCUT2D eigenvalue weighted by atomic mass is 9.44. The number of benzene rings is 1. The molecule has 1 aromatic rings. The molecule has 246 valence electrons. The van der Waals surface area contributed by atoms with Gasteiger partial charge in [-0.25, -0.2) is 4.79 Å². The van der Waals surface area contributed by atoms with Crippen molar-refractivity contribution in [3.8, 4) is 5.75 Å². The first kappa shape index (κ1) is 33.7. The molecule has 3 fully saturated rings. The summed E-state index contributed by atoms with van der Waals surface area (Å²) in [6, 6.07) is 4.97. The lowest BCUT2D eigenvalue weighted by molar-refractivity contribution is -0.207. The second kappa shape index (κ2) is 11.8. The van der Waals surface area contributed by atoms with Gasteiger partial charge in [-0.2, -0.15) is 0 Å². The summed E-state index contributed by atoms with van der Waals surface area (Å²) >= 11 is 0. The summed E-state index contributed by atoms with van der Waals surface area (Å²) in [5.74, 6) is -0.760. The first-order valence-electron chi connectivity index (χ1n) is 16.3. The van der Waals surface area contributed by atoms with Gasteiger partial charge in [-0.3, -0.25) is 9.59 Å². The first-order valence-corrected chi connectivity index (χ1v) is 16.3. The van der Waals surface area contributed by atoms with Crippen molar-refractivity contribution in [3.63, 3.8) is 0 Å². The fourth-order valence-corrected chi connectivity index (χ4v) is 8.98. The minimum Gasteiger partial charge on any atom is -0.482 e. The SMILES string of the molecule is C=C[C@]1(C)C[C@@H](OC(=O)COc2ccc3c(c2)B(O)OC3CC(=O)OC(C)(C)C)[C@@]2(C)[C@@H]3C(=O)CC[C@@]3(CC[C@@H]2C)[C@@H](C)[C@@H]1O. The Morgan fingerprint density at radius 1 is 1.18 bits per heavy atom. The number of esters is 2. The molecule has 1 unspecified atom stereocenters. The summed E-state index contributed by atoms with van der Waals surface area (Å²) < 4.78 is 23.1. The predicted molar refractivity (Wildman–Crippen MR) is 168 cm³/mol. The van der Waals surface area contributed by atoms with E-state index in [1.165, 1.54) is 0 Å². The minimum absolute atomic E-state index is 0.0473. The van der Waals surface area contributed by atoms with Crippen molar-refractivity contribution in [2.75, 3.05) is 6.61 Å². The predicted octanol–water partition coefficient (Wildman–Crippen LogP) is 4.46. The number of Topliss-reactive ketones (excluding diaryl/α,β-unsaturated/α-hetero) is 1. The van der Waals surface area contributed by atoms with E-state index in [0.717, 1.165) is 19.3 Å². The molecule has 10 heteroatoms. The lowest BCUT2D eigenvalue weighted by Gasteiger charge is -2.61. The number of hydrogen-bond donors (Lipinski definition) is 2. The molecular formula is C35H49BO9. The number of carbonyl (C=O) groups is 3. The number of hydrogen-bond acceptors (Lipinski definition) is 9. The van der Waals surface area contributed by atoms with E-state index < -0.39 is 53.8 Å². The standard InChI is InChI=1S/C35H49BO9/c1-9-33(7)18-27(34(8)20(2)12-14-35(21(3)31(33)40)15-13-25(37)30(34)35)43-29(39)19-42-22-10-11-23-24(16-22)36(41)45-26(23)17-28(38)44-32(4,5)6/h9-11,16,20-21,26-27,30-31,40-41H,1,12-15,17-19H2,2-8H3/t20-,21-,26?,27+,30-,31-,33+,34-,35-/m0/s1. The number of aliphatic hydroxyl groups is 1. The molecular weight excluding hydrogens is 575 g/mol. The van der Waals surface area contributed by atoms with E-state index >= 15 is 0 Å². The van der Waals surface area contributed by atoms with Crippen molar-refractivity contribution < 1.29 is 43.4 Å². The zero-order valence-electron chi connectivity index (χ0n) is 27.8. The summed E-state index contributed by atoms with van der Waals surface area (Å²) in [5.41, 5.74) is -1.21. The van der Waals surface area contributed by atoms with Gasteiger partial charge in [0, 0.05) is 23.2 Å². The van der Waals surface area contributed by atoms with E-state index in [4.69, 9.17) is 18.9 Å². The molecule has 5 rings (SSSR count). The van der Waals surface area contributed by atoms with Gasteiger partial charge in [0.2, 0.25) is 0 Å². The molecule has 9 atom stereocenters. The van der Waals surface area contributed by atoms with Gasteiger partial charge in [0.25, 0.3) is 0 Å². The van der Waals surface area contributed by atoms with E-state index in [-0.39, 0.29) is 42.0 Å². The second-order valence-corrected chi connectivity index (χ2v) is 15.4. The van der Waals surface area contributed by atoms with Gasteiger partial charge in [-0.15, -0.1) is 6.58 Å². The normalized spacial score (nSPS) is 37.6. The van der Waals surface area contributed by atoms with Gasteiger partial charge in [-0.1, -0.05) is 39.8 Å². The molecule has 9 nitrogen and oxygen atoms in total. The van der Waals surface area contributed by atoms with E-state index in [2.05, 4.69) is 27.4 Å². The topological polar surface area (TPSA) is 129 Å². The maximum Gasteiger partial charge on any atom is 0.492 e. The van der Waals surface area contributed by atoms with Crippen LogP contribution in [0.4, 0.5) is 0 Å². The van der Waals surface area contributed by atoms with Crippen LogP contribution in [-0.4, -0.2) is 59.4 Å². The highest BCUT2D eigenvalue weighted by atomic mass is 16.6. The van der Waals surface area contributed by atoms with Crippen LogP contribution >= 0.6 is 0 Å². The Labute approximate surface area is 267 Å². The van der Waals surface area contributed by atoms with Crippen molar-refractivity contribution in [1.29, 1.82) is 0 Å². The Balaban J connectivity index is 1.33. The van der Waals surface area contributed by atoms with Crippen molar-refractivity contribution >= 4 is 30.3 Å². The van der Waals surface area contributed by atoms with E-state index in [1.54, 1.807) is 45.0 Å². The molecule has 2 bridgehead atoms. The van der Waals surface area contributed by atoms with Crippen LogP contribution < -0.4 is 10.2 Å². The molecule has 3 saturated carbocycles. The molecule has 1 aromatic carbocycles. The molecule has 0 saturated heterocycles. The number of aliphatic hydroxyl groups excluding tert-OH is 1. The van der Waals surface area contributed by atoms with Gasteiger partial charge in [-0.05, 0) is 86.9 Å². The lowest BCUT2D eigenvalue weighted by Crippen LogP contribution is -2.63. The molecule has 0 aromatic heterocycles. The summed E-state index contributed by atoms with van der Waals surface area (Å²) in [7, 11) is -1.25. The zero-order chi connectivity index (χ0) is 33.1. The van der Waals surface area contributed by atoms with Crippen molar-refractivity contribution in [3.05, 3.63) is 36.4 Å². The maximum atomic E-state index is 13.6. The second-order valence-electron chi connectivity index (χ2n) is 15.4. The summed E-state index contributed by atoms with van der Waals surface area (Å²) in [5, 5.41) is 22.2. The van der Waals surface area contributed by atoms with E-state index in [9.17, 15) is 24.5 Å². The van der Waals surface area contributed by atoms with Crippen LogP contribution in [0, 0.1) is 34.0 Å². The Morgan fingerprint density at radius 2 is 1.89 bits per heavy atom. The van der Waals surface area contributed by atoms with Crippen LogP contribution in [0.25, 0.3) is 0 Å². The fourth-order valence-electron chi connectivity index (χ4n) is 8.98. The smallest absolute Gasteiger partial charge is 0.482 e. The highest BCUT2D eigenvalue weighted by Gasteiger charge is 2.68. The molecule has 2 N–H and O–H groups in total. The number of rotatable bonds is 7. The summed E-state index contributed by atoms with van der Waals surface area (Å²) in [4.78, 5) is 39.4. The van der Waals surface area contributed by atoms with Gasteiger partial charge < -0.3 is 29.0 Å². The number of fused-ring (bicyclic) bond motifs is 1. The third-order valence-corrected chi connectivity index (χ3v) is 11.7. The van der Waals surface area contributed by atoms with Crippen LogP contribution in [0.2, 0.25) is 0 Å². The molecule has 0 amide bonds. The average molecular weight is 625 g/mol. The molecule has 0 spiro atoms. The summed E-state index contributed by atoms with van der Waals surface area (Å²) in [6.45, 7) is 17.3. The highest BCUT2D eigenvalue weighted by molar-refractivity contribution is 6.61. The van der Waals surface area contributed by atoms with Gasteiger partial charge >= 0.3 is 19.1 Å². The number of ketones is 1. The largest absolute Gasteiger partial charge is 0.492 e. The van der Waals surface area contributed by atoms with Crippen LogP contribution in [-0.2, 0) is 28.5 Å². The van der Waals surface area contributed by atoms with Crippen molar-refractivity contribution in [2.24, 2.45) is 34.0 Å². The average Bonchev–Trinajstić information content (AvgIpc) is 3.47. The molecule has 3 aliphatic carbocycles. The Kier molecular flexibility index (Phi) is 8.86. The molecule has 1 heterocycles. The fraction of sp³-hybridized carbons (Fsp3) is 0.686. The zero-order valence-corrected chi connectivity index (χ0v) is 27.8. The van der Waals surface area contributed by atoms with Crippen molar-refractivity contribution in [2.45, 2.75) is 111 Å². The van der Waals surface area contributed by atoms with Crippen molar-refractivity contribution in [1.82, 2.24) is 0 Å². The van der Waals surface area contributed by atoms with Crippen LogP contribution in [0.5, 0.6) is 5.75 Å². The molecule has 0 radical (unpaired) electrons. The highest BCUT2D eigenvalue weighted by Crippen LogP contribution is 2.68. The molecule has 1 aliphatic heterocycles. The number of ether oxygens (including phenoxy) is 3.